The Balaban J connectivity index is 2.14. The van der Waals surface area contributed by atoms with Gasteiger partial charge in [-0.25, -0.2) is 0 Å². The Hall–Kier alpha value is -1.72. The lowest BCUT2D eigenvalue weighted by Crippen LogP contribution is -2.33. The van der Waals surface area contributed by atoms with E-state index in [-0.39, 0.29) is 5.91 Å². The van der Waals surface area contributed by atoms with Crippen LogP contribution in [0.1, 0.15) is 22.0 Å². The molecule has 0 aliphatic carbocycles. The maximum Gasteiger partial charge on any atom is 0.239 e. The molecule has 18 heavy (non-hydrogen) atoms. The van der Waals surface area contributed by atoms with Gasteiger partial charge in [0.1, 0.15) is 6.04 Å². The Kier molecular flexibility index (Phi) is 4.07. The molecule has 0 saturated heterocycles. The number of nitrogens with zero attached hydrogens (tertiary/aromatic N) is 1. The number of amides is 1. The molecule has 2 rings (SSSR count). The summed E-state index contributed by atoms with van der Waals surface area (Å²) in [5.74, 6) is -0.386. The molecule has 0 radical (unpaired) electrons. The van der Waals surface area contributed by atoms with Gasteiger partial charge >= 0.3 is 0 Å². The Bertz CT molecular complexity index is 525. The first-order chi connectivity index (χ1) is 8.68. The summed E-state index contributed by atoms with van der Waals surface area (Å²) in [6.45, 7) is 2.57. The van der Waals surface area contributed by atoms with Gasteiger partial charge < -0.3 is 5.73 Å². The van der Waals surface area contributed by atoms with E-state index in [1.165, 1.54) is 4.88 Å². The zero-order valence-electron chi connectivity index (χ0n) is 10.1. The van der Waals surface area contributed by atoms with Gasteiger partial charge in [0.05, 0.1) is 0 Å². The molecule has 5 heteroatoms. The SMILES string of the molecule is Cc1ccncc1C(NCc1cccs1)C(N)=O. The number of pyridine rings is 1. The number of primary amides is 1. The molecule has 1 amide bonds. The fourth-order valence-electron chi connectivity index (χ4n) is 1.76. The Morgan fingerprint density at radius 2 is 2.39 bits per heavy atom. The zero-order valence-corrected chi connectivity index (χ0v) is 10.9. The second-order valence-electron chi connectivity index (χ2n) is 4.03. The minimum atomic E-state index is -0.499. The Labute approximate surface area is 110 Å². The lowest BCUT2D eigenvalue weighted by Gasteiger charge is -2.16. The molecular weight excluding hydrogens is 246 g/mol. The van der Waals surface area contributed by atoms with E-state index in [2.05, 4.69) is 10.3 Å². The number of nitrogens with two attached hydrogens (primary N) is 1. The maximum absolute atomic E-state index is 11.5. The monoisotopic (exact) mass is 261 g/mol. The predicted molar refractivity (Wildman–Crippen MR) is 72.1 cm³/mol. The topological polar surface area (TPSA) is 68.0 Å². The summed E-state index contributed by atoms with van der Waals surface area (Å²) in [5, 5.41) is 5.18. The summed E-state index contributed by atoms with van der Waals surface area (Å²) < 4.78 is 0. The summed E-state index contributed by atoms with van der Waals surface area (Å²) >= 11 is 1.65. The van der Waals surface area contributed by atoms with Gasteiger partial charge in [0.15, 0.2) is 0 Å². The van der Waals surface area contributed by atoms with Gasteiger partial charge in [-0.1, -0.05) is 6.07 Å². The second-order valence-corrected chi connectivity index (χ2v) is 5.06. The van der Waals surface area contributed by atoms with Gasteiger partial charge in [0, 0.05) is 23.8 Å². The summed E-state index contributed by atoms with van der Waals surface area (Å²) in [6.07, 6.45) is 3.39. The number of carbonyl (C=O) groups excluding carboxylic acids is 1. The van der Waals surface area contributed by atoms with Crippen molar-refractivity contribution in [2.75, 3.05) is 0 Å². The molecule has 0 spiro atoms. The van der Waals surface area contributed by atoms with Crippen LogP contribution in [0.2, 0.25) is 0 Å². The van der Waals surface area contributed by atoms with E-state index in [1.54, 1.807) is 23.7 Å². The van der Waals surface area contributed by atoms with Crippen LogP contribution in [-0.4, -0.2) is 10.9 Å². The summed E-state index contributed by atoms with van der Waals surface area (Å²) in [4.78, 5) is 16.8. The first kappa shape index (κ1) is 12.7. The number of hydrogen-bond acceptors (Lipinski definition) is 4. The van der Waals surface area contributed by atoms with Gasteiger partial charge in [-0.05, 0) is 35.6 Å². The number of nitrogens with one attached hydrogen (secondary N) is 1. The minimum Gasteiger partial charge on any atom is -0.368 e. The van der Waals surface area contributed by atoms with Crippen molar-refractivity contribution in [3.8, 4) is 0 Å². The second kappa shape index (κ2) is 5.75. The average molecular weight is 261 g/mol. The van der Waals surface area contributed by atoms with Crippen molar-refractivity contribution < 1.29 is 4.79 Å². The molecule has 1 atom stereocenters. The molecule has 94 valence electrons. The van der Waals surface area contributed by atoms with Crippen LogP contribution in [0.5, 0.6) is 0 Å². The third-order valence-corrected chi connectivity index (χ3v) is 3.61. The fourth-order valence-corrected chi connectivity index (χ4v) is 2.41. The predicted octanol–water partition coefficient (Wildman–Crippen LogP) is 1.77. The number of carbonyl (C=O) groups is 1. The summed E-state index contributed by atoms with van der Waals surface area (Å²) in [5.41, 5.74) is 7.29. The quantitative estimate of drug-likeness (QED) is 0.862. The van der Waals surface area contributed by atoms with Crippen molar-refractivity contribution in [3.05, 3.63) is 52.0 Å². The lowest BCUT2D eigenvalue weighted by atomic mass is 10.0. The first-order valence-corrected chi connectivity index (χ1v) is 6.52. The van der Waals surface area contributed by atoms with Gasteiger partial charge in [-0.2, -0.15) is 0 Å². The van der Waals surface area contributed by atoms with Crippen molar-refractivity contribution in [1.82, 2.24) is 10.3 Å². The van der Waals surface area contributed by atoms with Crippen LogP contribution in [0.25, 0.3) is 0 Å². The molecule has 0 bridgehead atoms. The van der Waals surface area contributed by atoms with Crippen LogP contribution in [0, 0.1) is 6.92 Å². The van der Waals surface area contributed by atoms with E-state index in [0.29, 0.717) is 6.54 Å². The highest BCUT2D eigenvalue weighted by Crippen LogP contribution is 2.17. The molecule has 4 nitrogen and oxygen atoms in total. The van der Waals surface area contributed by atoms with Crippen LogP contribution in [0.3, 0.4) is 0 Å². The van der Waals surface area contributed by atoms with Crippen LogP contribution < -0.4 is 11.1 Å². The van der Waals surface area contributed by atoms with Crippen molar-refractivity contribution in [2.45, 2.75) is 19.5 Å². The Morgan fingerprint density at radius 3 is 3.00 bits per heavy atom. The fraction of sp³-hybridized carbons (Fsp3) is 0.231. The standard InChI is InChI=1S/C13H15N3OS/c1-9-4-5-15-8-11(9)12(13(14)17)16-7-10-3-2-6-18-10/h2-6,8,12,16H,7H2,1H3,(H2,14,17). The molecular formula is C13H15N3OS. The smallest absolute Gasteiger partial charge is 0.239 e. The molecule has 3 N–H and O–H groups in total. The normalized spacial score (nSPS) is 12.3. The van der Waals surface area contributed by atoms with Crippen molar-refractivity contribution in [2.24, 2.45) is 5.73 Å². The van der Waals surface area contributed by atoms with Crippen LogP contribution in [0.4, 0.5) is 0 Å². The number of aromatic nitrogens is 1. The summed E-state index contributed by atoms with van der Waals surface area (Å²) in [7, 11) is 0. The number of thiophene rings is 1. The molecule has 2 heterocycles. The van der Waals surface area contributed by atoms with Crippen molar-refractivity contribution in [3.63, 3.8) is 0 Å². The molecule has 0 aliphatic heterocycles. The maximum atomic E-state index is 11.5. The molecule has 0 aromatic carbocycles. The minimum absolute atomic E-state index is 0.386. The highest BCUT2D eigenvalue weighted by atomic mass is 32.1. The van der Waals surface area contributed by atoms with Crippen molar-refractivity contribution in [1.29, 1.82) is 0 Å². The largest absolute Gasteiger partial charge is 0.368 e. The highest BCUT2D eigenvalue weighted by Gasteiger charge is 2.19. The van der Waals surface area contributed by atoms with Gasteiger partial charge in [-0.15, -0.1) is 11.3 Å². The molecule has 0 saturated carbocycles. The number of aryl methyl sites for hydroxylation is 1. The first-order valence-electron chi connectivity index (χ1n) is 5.64. The summed E-state index contributed by atoms with van der Waals surface area (Å²) in [6, 6.07) is 5.38. The Morgan fingerprint density at radius 1 is 1.56 bits per heavy atom. The molecule has 1 unspecified atom stereocenters. The molecule has 2 aromatic heterocycles. The third-order valence-electron chi connectivity index (χ3n) is 2.74. The van der Waals surface area contributed by atoms with Gasteiger partial charge in [-0.3, -0.25) is 15.1 Å². The van der Waals surface area contributed by atoms with Crippen LogP contribution in [-0.2, 0) is 11.3 Å². The molecule has 0 aliphatic rings. The highest BCUT2D eigenvalue weighted by molar-refractivity contribution is 7.09. The van der Waals surface area contributed by atoms with Crippen LogP contribution >= 0.6 is 11.3 Å². The molecule has 0 fully saturated rings. The van der Waals surface area contributed by atoms with Crippen molar-refractivity contribution >= 4 is 17.2 Å². The van der Waals surface area contributed by atoms with Crippen LogP contribution in [0.15, 0.2) is 36.0 Å². The molecule has 2 aromatic rings. The number of rotatable bonds is 5. The van der Waals surface area contributed by atoms with Gasteiger partial charge in [0.2, 0.25) is 5.91 Å². The third kappa shape index (κ3) is 2.94. The average Bonchev–Trinajstić information content (AvgIpc) is 2.84. The zero-order chi connectivity index (χ0) is 13.0. The van der Waals surface area contributed by atoms with E-state index in [4.69, 9.17) is 5.73 Å². The van der Waals surface area contributed by atoms with E-state index >= 15 is 0 Å². The van der Waals surface area contributed by atoms with E-state index in [0.717, 1.165) is 11.1 Å². The van der Waals surface area contributed by atoms with E-state index in [1.807, 2.05) is 30.5 Å². The van der Waals surface area contributed by atoms with Gasteiger partial charge in [0.25, 0.3) is 0 Å². The van der Waals surface area contributed by atoms with E-state index < -0.39 is 6.04 Å². The van der Waals surface area contributed by atoms with E-state index in [9.17, 15) is 4.79 Å². The number of hydrogen-bond donors (Lipinski definition) is 2. The lowest BCUT2D eigenvalue weighted by molar-refractivity contribution is -0.120.